The third-order valence-electron chi connectivity index (χ3n) is 2.90. The summed E-state index contributed by atoms with van der Waals surface area (Å²) in [7, 11) is -3.52. The van der Waals surface area contributed by atoms with Gasteiger partial charge >= 0.3 is 0 Å². The van der Waals surface area contributed by atoms with E-state index >= 15 is 0 Å². The molecular formula is C14H16N2O2S. The molecule has 0 aliphatic heterocycles. The molecule has 1 aromatic carbocycles. The van der Waals surface area contributed by atoms with Crippen LogP contribution in [0.3, 0.4) is 0 Å². The van der Waals surface area contributed by atoms with Crippen LogP contribution in [-0.2, 0) is 10.0 Å². The van der Waals surface area contributed by atoms with E-state index in [9.17, 15) is 8.42 Å². The van der Waals surface area contributed by atoms with Crippen molar-refractivity contribution in [2.75, 3.05) is 0 Å². The third kappa shape index (κ3) is 3.19. The largest absolute Gasteiger partial charge is 0.264 e. The number of hydrogen-bond donors (Lipinski definition) is 1. The molecule has 5 heteroatoms. The zero-order chi connectivity index (χ0) is 13.9. The van der Waals surface area contributed by atoms with Crippen molar-refractivity contribution in [3.63, 3.8) is 0 Å². The number of rotatable bonds is 4. The highest BCUT2D eigenvalue weighted by Gasteiger charge is 2.19. The lowest BCUT2D eigenvalue weighted by molar-refractivity contribution is 0.566. The normalized spacial score (nSPS) is 13.2. The van der Waals surface area contributed by atoms with Crippen LogP contribution in [0.15, 0.2) is 53.7 Å². The van der Waals surface area contributed by atoms with Gasteiger partial charge in [-0.05, 0) is 37.1 Å². The van der Waals surface area contributed by atoms with Gasteiger partial charge in [-0.1, -0.05) is 24.3 Å². The van der Waals surface area contributed by atoms with E-state index in [2.05, 4.69) is 9.71 Å². The van der Waals surface area contributed by atoms with Crippen molar-refractivity contribution in [1.82, 2.24) is 9.71 Å². The summed E-state index contributed by atoms with van der Waals surface area (Å²) in [5.41, 5.74) is 1.56. The summed E-state index contributed by atoms with van der Waals surface area (Å²) < 4.78 is 27.3. The van der Waals surface area contributed by atoms with Crippen molar-refractivity contribution in [2.45, 2.75) is 24.8 Å². The van der Waals surface area contributed by atoms with Gasteiger partial charge in [-0.2, -0.15) is 0 Å². The summed E-state index contributed by atoms with van der Waals surface area (Å²) in [5.74, 6) is 0. The zero-order valence-electron chi connectivity index (χ0n) is 10.9. The Bertz CT molecular complexity index is 654. The second-order valence-electron chi connectivity index (χ2n) is 4.39. The Labute approximate surface area is 113 Å². The molecule has 0 bridgehead atoms. The highest BCUT2D eigenvalue weighted by molar-refractivity contribution is 7.89. The van der Waals surface area contributed by atoms with Crippen LogP contribution in [0.4, 0.5) is 0 Å². The molecule has 100 valence electrons. The fraction of sp³-hybridized carbons (Fsp3) is 0.214. The fourth-order valence-electron chi connectivity index (χ4n) is 1.85. The first-order valence-electron chi connectivity index (χ1n) is 5.98. The van der Waals surface area contributed by atoms with Crippen LogP contribution in [-0.4, -0.2) is 13.4 Å². The SMILES string of the molecule is Cc1ccccc1S(=O)(=O)N[C@@H](C)c1cccnc1. The number of aromatic nitrogens is 1. The van der Waals surface area contributed by atoms with Gasteiger partial charge in [0.15, 0.2) is 0 Å². The maximum absolute atomic E-state index is 12.3. The van der Waals surface area contributed by atoms with Crippen molar-refractivity contribution in [3.8, 4) is 0 Å². The van der Waals surface area contributed by atoms with Crippen LogP contribution < -0.4 is 4.72 Å². The minimum absolute atomic E-state index is 0.311. The molecule has 0 saturated heterocycles. The monoisotopic (exact) mass is 276 g/mol. The topological polar surface area (TPSA) is 59.1 Å². The molecule has 0 spiro atoms. The van der Waals surface area contributed by atoms with E-state index in [-0.39, 0.29) is 6.04 Å². The molecule has 19 heavy (non-hydrogen) atoms. The molecule has 1 atom stereocenters. The molecule has 2 rings (SSSR count). The quantitative estimate of drug-likeness (QED) is 0.933. The Morgan fingerprint density at radius 2 is 1.89 bits per heavy atom. The molecule has 0 aliphatic carbocycles. The van der Waals surface area contributed by atoms with Crippen molar-refractivity contribution >= 4 is 10.0 Å². The summed E-state index contributed by atoms with van der Waals surface area (Å²) in [5, 5.41) is 0. The van der Waals surface area contributed by atoms with E-state index < -0.39 is 10.0 Å². The second kappa shape index (κ2) is 5.50. The molecule has 4 nitrogen and oxygen atoms in total. The van der Waals surface area contributed by atoms with Gasteiger partial charge < -0.3 is 0 Å². The Morgan fingerprint density at radius 1 is 1.16 bits per heavy atom. The molecule has 0 radical (unpaired) electrons. The van der Waals surface area contributed by atoms with Crippen LogP contribution >= 0.6 is 0 Å². The predicted octanol–water partition coefficient (Wildman–Crippen LogP) is 2.43. The van der Waals surface area contributed by atoms with Gasteiger partial charge in [0, 0.05) is 18.4 Å². The van der Waals surface area contributed by atoms with Gasteiger partial charge in [-0.15, -0.1) is 0 Å². The van der Waals surface area contributed by atoms with Crippen molar-refractivity contribution in [3.05, 3.63) is 59.9 Å². The Hall–Kier alpha value is -1.72. The van der Waals surface area contributed by atoms with Crippen molar-refractivity contribution in [2.24, 2.45) is 0 Å². The highest BCUT2D eigenvalue weighted by atomic mass is 32.2. The average Bonchev–Trinajstić information content (AvgIpc) is 2.39. The summed E-state index contributed by atoms with van der Waals surface area (Å²) in [6.45, 7) is 3.58. The summed E-state index contributed by atoms with van der Waals surface area (Å²) in [6.07, 6.45) is 3.32. The van der Waals surface area contributed by atoms with E-state index in [1.54, 1.807) is 50.5 Å². The van der Waals surface area contributed by atoms with Crippen molar-refractivity contribution < 1.29 is 8.42 Å². The summed E-state index contributed by atoms with van der Waals surface area (Å²) >= 11 is 0. The van der Waals surface area contributed by atoms with E-state index in [4.69, 9.17) is 0 Å². The summed E-state index contributed by atoms with van der Waals surface area (Å²) in [4.78, 5) is 4.30. The lowest BCUT2D eigenvalue weighted by Crippen LogP contribution is -2.27. The van der Waals surface area contributed by atoms with Crippen molar-refractivity contribution in [1.29, 1.82) is 0 Å². The smallest absolute Gasteiger partial charge is 0.241 e. The lowest BCUT2D eigenvalue weighted by atomic mass is 10.2. The highest BCUT2D eigenvalue weighted by Crippen LogP contribution is 2.18. The standard InChI is InChI=1S/C14H16N2O2S/c1-11-6-3-4-8-14(11)19(17,18)16-12(2)13-7-5-9-15-10-13/h3-10,12,16H,1-2H3/t12-/m0/s1. The first kappa shape index (κ1) is 13.7. The number of aryl methyl sites for hydroxylation is 1. The van der Waals surface area contributed by atoms with Crippen LogP contribution in [0.5, 0.6) is 0 Å². The van der Waals surface area contributed by atoms with Crippen LogP contribution in [0.1, 0.15) is 24.1 Å². The first-order valence-corrected chi connectivity index (χ1v) is 7.47. The minimum atomic E-state index is -3.52. The van der Waals surface area contributed by atoms with E-state index in [0.29, 0.717) is 4.90 Å². The maximum Gasteiger partial charge on any atom is 0.241 e. The molecule has 2 aromatic rings. The van der Waals surface area contributed by atoms with E-state index in [1.165, 1.54) is 0 Å². The number of benzene rings is 1. The third-order valence-corrected chi connectivity index (χ3v) is 4.60. The molecule has 0 saturated carbocycles. The van der Waals surface area contributed by atoms with Crippen LogP contribution in [0.25, 0.3) is 0 Å². The van der Waals surface area contributed by atoms with Crippen LogP contribution in [0, 0.1) is 6.92 Å². The van der Waals surface area contributed by atoms with Gasteiger partial charge in [-0.25, -0.2) is 13.1 Å². The number of sulfonamides is 1. The van der Waals surface area contributed by atoms with E-state index in [1.807, 2.05) is 12.1 Å². The molecular weight excluding hydrogens is 260 g/mol. The minimum Gasteiger partial charge on any atom is -0.264 e. The summed E-state index contributed by atoms with van der Waals surface area (Å²) in [6, 6.07) is 10.2. The van der Waals surface area contributed by atoms with Gasteiger partial charge in [0.25, 0.3) is 0 Å². The van der Waals surface area contributed by atoms with E-state index in [0.717, 1.165) is 11.1 Å². The zero-order valence-corrected chi connectivity index (χ0v) is 11.7. The maximum atomic E-state index is 12.3. The molecule has 0 aliphatic rings. The Kier molecular flexibility index (Phi) is 3.97. The number of nitrogens with zero attached hydrogens (tertiary/aromatic N) is 1. The molecule has 0 unspecified atom stereocenters. The van der Waals surface area contributed by atoms with Gasteiger partial charge in [0.2, 0.25) is 10.0 Å². The molecule has 1 aromatic heterocycles. The second-order valence-corrected chi connectivity index (χ2v) is 6.08. The van der Waals surface area contributed by atoms with Gasteiger partial charge in [-0.3, -0.25) is 4.98 Å². The Morgan fingerprint density at radius 3 is 2.53 bits per heavy atom. The number of pyridine rings is 1. The predicted molar refractivity (Wildman–Crippen MR) is 74.2 cm³/mol. The molecule has 0 amide bonds. The van der Waals surface area contributed by atoms with Gasteiger partial charge in [0.05, 0.1) is 4.90 Å². The molecule has 0 fully saturated rings. The lowest BCUT2D eigenvalue weighted by Gasteiger charge is -2.15. The Balaban J connectivity index is 2.26. The average molecular weight is 276 g/mol. The van der Waals surface area contributed by atoms with Crippen LogP contribution in [0.2, 0.25) is 0 Å². The fourth-order valence-corrected chi connectivity index (χ4v) is 3.33. The number of hydrogen-bond acceptors (Lipinski definition) is 3. The molecule has 1 heterocycles. The molecule has 1 N–H and O–H groups in total. The first-order chi connectivity index (χ1) is 9.00. The van der Waals surface area contributed by atoms with Gasteiger partial charge in [0.1, 0.15) is 0 Å². The number of nitrogens with one attached hydrogen (secondary N) is 1.